The van der Waals surface area contributed by atoms with Crippen LogP contribution in [-0.2, 0) is 11.2 Å². The second-order valence-electron chi connectivity index (χ2n) is 11.7. The summed E-state index contributed by atoms with van der Waals surface area (Å²) >= 11 is 0. The number of benzene rings is 2. The monoisotopic (exact) mass is 581 g/mol. The number of hydrogen-bond donors (Lipinski definition) is 2. The maximum Gasteiger partial charge on any atom is 0.308 e. The van der Waals surface area contributed by atoms with E-state index in [1.165, 1.54) is 22.8 Å². The van der Waals surface area contributed by atoms with E-state index in [0.717, 1.165) is 18.5 Å². The Bertz CT molecular complexity index is 1740. The molecule has 3 heterocycles. The highest BCUT2D eigenvalue weighted by Gasteiger charge is 2.34. The summed E-state index contributed by atoms with van der Waals surface area (Å²) in [6, 6.07) is 16.7. The molecule has 0 radical (unpaired) electrons. The minimum absolute atomic E-state index is 0.00319. The van der Waals surface area contributed by atoms with Crippen molar-refractivity contribution in [1.82, 2.24) is 19.9 Å². The molecule has 2 aliphatic rings. The molecule has 8 nitrogen and oxygen atoms in total. The molecule has 0 spiro atoms. The zero-order valence-electron chi connectivity index (χ0n) is 24.7. The van der Waals surface area contributed by atoms with Crippen molar-refractivity contribution in [3.63, 3.8) is 0 Å². The number of aliphatic carboxylic acids is 1. The van der Waals surface area contributed by atoms with E-state index in [2.05, 4.69) is 35.4 Å². The van der Waals surface area contributed by atoms with Crippen molar-refractivity contribution in [3.05, 3.63) is 89.0 Å². The predicted octanol–water partition coefficient (Wildman–Crippen LogP) is 6.11. The molecule has 1 saturated carbocycles. The standard InChI is InChI=1S/C34H36FN5O3/c1-4-20(2)26-8-6-5-7-22(26)13-14-36-33(41)30-17-31(23-9-10-23)40-32(37-30)18-29(38-40)27-12-11-25(16-28(27)35)39-19-24(34(42)43)15-21(39)3/h4-8,11-12,16-18,21,23-24H,9-10,13-15,19H2,1-3H3,(H,36,41)(H,42,43)/b20-4-. The molecule has 1 aliphatic carbocycles. The number of halogens is 1. The van der Waals surface area contributed by atoms with Gasteiger partial charge in [-0.1, -0.05) is 30.3 Å². The van der Waals surface area contributed by atoms with Gasteiger partial charge < -0.3 is 15.3 Å². The van der Waals surface area contributed by atoms with E-state index in [1.54, 1.807) is 16.6 Å². The van der Waals surface area contributed by atoms with Crippen molar-refractivity contribution in [2.75, 3.05) is 18.0 Å². The highest BCUT2D eigenvalue weighted by molar-refractivity contribution is 5.93. The Morgan fingerprint density at radius 3 is 2.63 bits per heavy atom. The molecule has 222 valence electrons. The van der Waals surface area contributed by atoms with Crippen molar-refractivity contribution in [1.29, 1.82) is 0 Å². The Balaban J connectivity index is 1.23. The van der Waals surface area contributed by atoms with Gasteiger partial charge in [-0.2, -0.15) is 5.10 Å². The molecule has 2 aromatic carbocycles. The Morgan fingerprint density at radius 2 is 1.93 bits per heavy atom. The van der Waals surface area contributed by atoms with Gasteiger partial charge in [-0.25, -0.2) is 13.9 Å². The van der Waals surface area contributed by atoms with Crippen LogP contribution < -0.4 is 10.2 Å². The summed E-state index contributed by atoms with van der Waals surface area (Å²) in [7, 11) is 0. The van der Waals surface area contributed by atoms with Gasteiger partial charge in [0.05, 0.1) is 11.6 Å². The average molecular weight is 582 g/mol. The lowest BCUT2D eigenvalue weighted by Gasteiger charge is -2.24. The van der Waals surface area contributed by atoms with Gasteiger partial charge in [0.1, 0.15) is 11.5 Å². The van der Waals surface area contributed by atoms with Crippen LogP contribution in [0.3, 0.4) is 0 Å². The Morgan fingerprint density at radius 1 is 1.14 bits per heavy atom. The summed E-state index contributed by atoms with van der Waals surface area (Å²) in [5, 5.41) is 17.1. The summed E-state index contributed by atoms with van der Waals surface area (Å²) in [6.45, 7) is 6.89. The number of amides is 1. The van der Waals surface area contributed by atoms with Gasteiger partial charge in [0.15, 0.2) is 5.65 Å². The smallest absolute Gasteiger partial charge is 0.308 e. The van der Waals surface area contributed by atoms with Gasteiger partial charge >= 0.3 is 5.97 Å². The van der Waals surface area contributed by atoms with Crippen molar-refractivity contribution >= 4 is 28.8 Å². The number of allylic oxidation sites excluding steroid dienone is 2. The van der Waals surface area contributed by atoms with Crippen molar-refractivity contribution in [3.8, 4) is 11.3 Å². The van der Waals surface area contributed by atoms with Crippen molar-refractivity contribution < 1.29 is 19.1 Å². The van der Waals surface area contributed by atoms with E-state index in [4.69, 9.17) is 5.10 Å². The lowest BCUT2D eigenvalue weighted by molar-refractivity contribution is -0.141. The largest absolute Gasteiger partial charge is 0.481 e. The highest BCUT2D eigenvalue weighted by Crippen LogP contribution is 2.41. The number of carboxylic acid groups (broad SMARTS) is 1. The van der Waals surface area contributed by atoms with Crippen LogP contribution in [0.1, 0.15) is 73.3 Å². The molecule has 0 bridgehead atoms. The number of carboxylic acids is 1. The van der Waals surface area contributed by atoms with Crippen LogP contribution in [-0.4, -0.2) is 50.7 Å². The zero-order valence-corrected chi connectivity index (χ0v) is 24.7. The number of hydrogen-bond acceptors (Lipinski definition) is 5. The molecule has 2 atom stereocenters. The molecule has 1 saturated heterocycles. The maximum atomic E-state index is 15.5. The number of aromatic nitrogens is 3. The van der Waals surface area contributed by atoms with E-state index in [-0.39, 0.29) is 17.9 Å². The second-order valence-corrected chi connectivity index (χ2v) is 11.7. The summed E-state index contributed by atoms with van der Waals surface area (Å²) in [4.78, 5) is 31.2. The fourth-order valence-electron chi connectivity index (χ4n) is 6.06. The first-order valence-corrected chi connectivity index (χ1v) is 14.9. The third-order valence-electron chi connectivity index (χ3n) is 8.72. The van der Waals surface area contributed by atoms with Crippen molar-refractivity contribution in [2.24, 2.45) is 5.92 Å². The molecule has 2 unspecified atom stereocenters. The van der Waals surface area contributed by atoms with Crippen LogP contribution in [0.25, 0.3) is 22.5 Å². The van der Waals surface area contributed by atoms with Gasteiger partial charge in [-0.05, 0) is 87.4 Å². The zero-order chi connectivity index (χ0) is 30.2. The maximum absolute atomic E-state index is 15.5. The minimum atomic E-state index is -0.826. The summed E-state index contributed by atoms with van der Waals surface area (Å²) in [5.74, 6) is -1.69. The minimum Gasteiger partial charge on any atom is -0.481 e. The Kier molecular flexibility index (Phi) is 7.73. The molecule has 6 rings (SSSR count). The van der Waals surface area contributed by atoms with E-state index in [1.807, 2.05) is 43.0 Å². The SMILES string of the molecule is C/C=C(/C)c1ccccc1CCNC(=O)c1cc(C2CC2)n2nc(-c3ccc(N4CC(C(=O)O)CC4C)cc3F)cc2n1. The number of fused-ring (bicyclic) bond motifs is 1. The predicted molar refractivity (Wildman–Crippen MR) is 165 cm³/mol. The topological polar surface area (TPSA) is 99.8 Å². The third-order valence-corrected chi connectivity index (χ3v) is 8.72. The molecule has 1 amide bonds. The Labute approximate surface area is 250 Å². The average Bonchev–Trinajstić information content (AvgIpc) is 3.63. The first-order valence-electron chi connectivity index (χ1n) is 14.9. The quantitative estimate of drug-likeness (QED) is 0.248. The molecule has 4 aromatic rings. The number of carbonyl (C=O) groups is 2. The van der Waals surface area contributed by atoms with Crippen LogP contribution in [0, 0.1) is 11.7 Å². The fraction of sp³-hybridized carbons (Fsp3) is 0.353. The van der Waals surface area contributed by atoms with Crippen LogP contribution >= 0.6 is 0 Å². The lowest BCUT2D eigenvalue weighted by atomic mass is 9.98. The van der Waals surface area contributed by atoms with Gasteiger partial charge in [-0.15, -0.1) is 0 Å². The number of nitrogens with one attached hydrogen (secondary N) is 1. The molecule has 2 N–H and O–H groups in total. The summed E-state index contributed by atoms with van der Waals surface area (Å²) in [5.41, 5.74) is 6.70. The van der Waals surface area contributed by atoms with E-state index in [0.29, 0.717) is 54.2 Å². The molecule has 2 aromatic heterocycles. The second kappa shape index (κ2) is 11.6. The molecular weight excluding hydrogens is 545 g/mol. The first kappa shape index (κ1) is 28.6. The van der Waals surface area contributed by atoms with Gasteiger partial charge in [0, 0.05) is 48.1 Å². The number of carbonyl (C=O) groups excluding carboxylic acids is 1. The highest BCUT2D eigenvalue weighted by atomic mass is 19.1. The first-order chi connectivity index (χ1) is 20.7. The third kappa shape index (κ3) is 5.76. The number of nitrogens with zero attached hydrogens (tertiary/aromatic N) is 4. The van der Waals surface area contributed by atoms with E-state index < -0.39 is 17.7 Å². The Hall–Kier alpha value is -4.53. The number of rotatable bonds is 9. The van der Waals surface area contributed by atoms with Gasteiger partial charge in [-0.3, -0.25) is 9.59 Å². The lowest BCUT2D eigenvalue weighted by Crippen LogP contribution is -2.27. The normalized spacial score (nSPS) is 18.8. The van der Waals surface area contributed by atoms with Crippen LogP contribution in [0.5, 0.6) is 0 Å². The molecule has 2 fully saturated rings. The summed E-state index contributed by atoms with van der Waals surface area (Å²) in [6.07, 6.45) is 5.32. The fourth-order valence-corrected chi connectivity index (χ4v) is 6.06. The molecule has 43 heavy (non-hydrogen) atoms. The van der Waals surface area contributed by atoms with Gasteiger partial charge in [0.25, 0.3) is 5.91 Å². The van der Waals surface area contributed by atoms with Crippen LogP contribution in [0.2, 0.25) is 0 Å². The molecule has 1 aliphatic heterocycles. The van der Waals surface area contributed by atoms with Crippen LogP contribution in [0.4, 0.5) is 10.1 Å². The van der Waals surface area contributed by atoms with E-state index >= 15 is 4.39 Å². The van der Waals surface area contributed by atoms with Gasteiger partial charge in [0.2, 0.25) is 0 Å². The number of anilines is 1. The van der Waals surface area contributed by atoms with E-state index in [9.17, 15) is 14.7 Å². The van der Waals surface area contributed by atoms with Crippen LogP contribution in [0.15, 0.2) is 60.7 Å². The molecular formula is C34H36FN5O3. The van der Waals surface area contributed by atoms with Crippen molar-refractivity contribution in [2.45, 2.75) is 58.4 Å². The molecule has 9 heteroatoms. The summed E-state index contributed by atoms with van der Waals surface area (Å²) < 4.78 is 17.2.